The van der Waals surface area contributed by atoms with Gasteiger partial charge in [-0.15, -0.1) is 0 Å². The zero-order valence-corrected chi connectivity index (χ0v) is 18.7. The number of hydrogen-bond donors (Lipinski definition) is 4. The summed E-state index contributed by atoms with van der Waals surface area (Å²) in [6, 6.07) is 13.7. The summed E-state index contributed by atoms with van der Waals surface area (Å²) in [5, 5.41) is 8.47. The maximum Gasteiger partial charge on any atom is 0.279 e. The van der Waals surface area contributed by atoms with Crippen molar-refractivity contribution in [1.82, 2.24) is 5.32 Å². The predicted octanol–water partition coefficient (Wildman–Crippen LogP) is 1.32. The Bertz CT molecular complexity index is 920. The molecule has 0 radical (unpaired) electrons. The molecule has 0 aromatic heterocycles. The van der Waals surface area contributed by atoms with Crippen molar-refractivity contribution < 1.29 is 24.0 Å². The van der Waals surface area contributed by atoms with Gasteiger partial charge in [-0.25, -0.2) is 0 Å². The van der Waals surface area contributed by atoms with Crippen LogP contribution < -0.4 is 25.6 Å². The third-order valence-corrected chi connectivity index (χ3v) is 4.23. The third kappa shape index (κ3) is 8.10. The summed E-state index contributed by atoms with van der Waals surface area (Å²) in [6.07, 6.45) is 0. The fourth-order valence-corrected chi connectivity index (χ4v) is 2.93. The molecule has 1 atom stereocenters. The van der Waals surface area contributed by atoms with Crippen LogP contribution >= 0.6 is 0 Å². The number of quaternary nitrogens is 1. The molecule has 0 spiro atoms. The average Bonchev–Trinajstić information content (AvgIpc) is 2.67. The minimum Gasteiger partial charge on any atom is -0.495 e. The molecule has 0 saturated heterocycles. The summed E-state index contributed by atoms with van der Waals surface area (Å²) >= 11 is 0. The number of nitrogens with one attached hydrogen (secondary N) is 4. The van der Waals surface area contributed by atoms with E-state index in [1.807, 2.05) is 32.9 Å². The van der Waals surface area contributed by atoms with E-state index in [1.54, 1.807) is 50.6 Å². The Morgan fingerprint density at radius 3 is 2.13 bits per heavy atom. The Balaban J connectivity index is 1.88. The van der Waals surface area contributed by atoms with Crippen LogP contribution in [0.15, 0.2) is 48.5 Å². The largest absolute Gasteiger partial charge is 0.495 e. The van der Waals surface area contributed by atoms with Gasteiger partial charge in [0.25, 0.3) is 17.7 Å². The predicted molar refractivity (Wildman–Crippen MR) is 121 cm³/mol. The van der Waals surface area contributed by atoms with E-state index < -0.39 is 0 Å². The van der Waals surface area contributed by atoms with Crippen LogP contribution in [0.2, 0.25) is 0 Å². The molecule has 0 bridgehead atoms. The van der Waals surface area contributed by atoms with Crippen molar-refractivity contribution in [3.05, 3.63) is 54.1 Å². The zero-order valence-electron chi connectivity index (χ0n) is 18.7. The molecule has 0 aliphatic rings. The molecule has 0 saturated carbocycles. The Morgan fingerprint density at radius 2 is 1.52 bits per heavy atom. The molecule has 2 aromatic rings. The Hall–Kier alpha value is -3.39. The van der Waals surface area contributed by atoms with Gasteiger partial charge in [0.05, 0.1) is 19.8 Å². The van der Waals surface area contributed by atoms with Crippen molar-refractivity contribution in [1.29, 1.82) is 0 Å². The molecular weight excluding hydrogens is 396 g/mol. The van der Waals surface area contributed by atoms with Gasteiger partial charge in [0.1, 0.15) is 5.75 Å². The monoisotopic (exact) mass is 427 g/mol. The van der Waals surface area contributed by atoms with Gasteiger partial charge < -0.3 is 25.6 Å². The molecule has 3 amide bonds. The molecule has 31 heavy (non-hydrogen) atoms. The standard InChI is InChI=1S/C23H30N4O4/c1-23(2,3)26-21(29)15-27(4)14-20(28)24-17-12-10-16(11-13-17)22(30)25-18-8-6-7-9-19(18)31-5/h6-13H,14-15H2,1-5H3,(H,24,28)(H,25,30)(H,26,29)/p+1. The number of carbonyl (C=O) groups is 3. The number of ether oxygens (including phenoxy) is 1. The minimum absolute atomic E-state index is 0.108. The summed E-state index contributed by atoms with van der Waals surface area (Å²) in [4.78, 5) is 37.5. The van der Waals surface area contributed by atoms with Gasteiger partial charge in [-0.3, -0.25) is 14.4 Å². The molecule has 4 N–H and O–H groups in total. The van der Waals surface area contributed by atoms with E-state index >= 15 is 0 Å². The maximum absolute atomic E-state index is 12.5. The number of carbonyl (C=O) groups excluding carboxylic acids is 3. The molecule has 2 aromatic carbocycles. The van der Waals surface area contributed by atoms with Crippen molar-refractivity contribution in [3.8, 4) is 5.75 Å². The molecule has 1 unspecified atom stereocenters. The number of para-hydroxylation sites is 2. The second kappa shape index (κ2) is 10.6. The summed E-state index contributed by atoms with van der Waals surface area (Å²) in [7, 11) is 3.33. The molecule has 0 aliphatic carbocycles. The van der Waals surface area contributed by atoms with Gasteiger partial charge in [-0.1, -0.05) is 12.1 Å². The molecule has 0 heterocycles. The molecule has 0 aliphatic heterocycles. The number of likely N-dealkylation sites (N-methyl/N-ethyl adjacent to an activating group) is 1. The van der Waals surface area contributed by atoms with E-state index in [0.29, 0.717) is 22.7 Å². The molecule has 8 heteroatoms. The first-order valence-electron chi connectivity index (χ1n) is 10.0. The van der Waals surface area contributed by atoms with Crippen LogP contribution in [0.25, 0.3) is 0 Å². The fraction of sp³-hybridized carbons (Fsp3) is 0.348. The fourth-order valence-electron chi connectivity index (χ4n) is 2.93. The summed E-state index contributed by atoms with van der Waals surface area (Å²) in [5.74, 6) is -0.0329. The van der Waals surface area contributed by atoms with Gasteiger partial charge >= 0.3 is 0 Å². The van der Waals surface area contributed by atoms with E-state index in [0.717, 1.165) is 4.90 Å². The third-order valence-electron chi connectivity index (χ3n) is 4.23. The van der Waals surface area contributed by atoms with E-state index in [-0.39, 0.29) is 36.3 Å². The molecule has 2 rings (SSSR count). The smallest absolute Gasteiger partial charge is 0.279 e. The van der Waals surface area contributed by atoms with E-state index in [9.17, 15) is 14.4 Å². The average molecular weight is 428 g/mol. The highest BCUT2D eigenvalue weighted by molar-refractivity contribution is 6.05. The first-order valence-corrected chi connectivity index (χ1v) is 10.0. The van der Waals surface area contributed by atoms with Crippen LogP contribution in [-0.4, -0.2) is 50.5 Å². The molecule has 166 valence electrons. The second-order valence-electron chi connectivity index (χ2n) is 8.39. The summed E-state index contributed by atoms with van der Waals surface area (Å²) in [6.45, 7) is 6.08. The number of rotatable bonds is 8. The number of amides is 3. The molecule has 0 fully saturated rings. The Labute approximate surface area is 183 Å². The Morgan fingerprint density at radius 1 is 0.903 bits per heavy atom. The highest BCUT2D eigenvalue weighted by Crippen LogP contribution is 2.23. The van der Waals surface area contributed by atoms with Gasteiger partial charge in [-0.05, 0) is 57.2 Å². The first kappa shape index (κ1) is 23.9. The highest BCUT2D eigenvalue weighted by Gasteiger charge is 2.19. The lowest BCUT2D eigenvalue weighted by molar-refractivity contribution is -0.862. The van der Waals surface area contributed by atoms with Crippen molar-refractivity contribution >= 4 is 29.1 Å². The van der Waals surface area contributed by atoms with E-state index in [4.69, 9.17) is 4.74 Å². The number of hydrogen-bond acceptors (Lipinski definition) is 4. The number of methoxy groups -OCH3 is 1. The molecule has 8 nitrogen and oxygen atoms in total. The lowest BCUT2D eigenvalue weighted by Crippen LogP contribution is -3.11. The maximum atomic E-state index is 12.5. The van der Waals surface area contributed by atoms with Gasteiger partial charge in [0, 0.05) is 16.8 Å². The van der Waals surface area contributed by atoms with Crippen LogP contribution in [0.3, 0.4) is 0 Å². The first-order chi connectivity index (χ1) is 14.6. The van der Waals surface area contributed by atoms with Gasteiger partial charge in [0.15, 0.2) is 13.1 Å². The van der Waals surface area contributed by atoms with Crippen LogP contribution in [0, 0.1) is 0 Å². The van der Waals surface area contributed by atoms with Gasteiger partial charge in [0.2, 0.25) is 0 Å². The highest BCUT2D eigenvalue weighted by atomic mass is 16.5. The Kier molecular flexibility index (Phi) is 8.15. The van der Waals surface area contributed by atoms with Crippen LogP contribution in [0.4, 0.5) is 11.4 Å². The summed E-state index contributed by atoms with van der Waals surface area (Å²) in [5.41, 5.74) is 1.30. The lowest BCUT2D eigenvalue weighted by atomic mass is 10.1. The van der Waals surface area contributed by atoms with Crippen molar-refractivity contribution in [2.45, 2.75) is 26.3 Å². The van der Waals surface area contributed by atoms with Crippen LogP contribution in [0.1, 0.15) is 31.1 Å². The lowest BCUT2D eigenvalue weighted by Gasteiger charge is -2.21. The molecular formula is C23H31N4O4+. The van der Waals surface area contributed by atoms with E-state index in [1.165, 1.54) is 0 Å². The zero-order chi connectivity index (χ0) is 23.0. The summed E-state index contributed by atoms with van der Waals surface area (Å²) < 4.78 is 5.23. The van der Waals surface area contributed by atoms with E-state index in [2.05, 4.69) is 16.0 Å². The normalized spacial score (nSPS) is 11.9. The quantitative estimate of drug-likeness (QED) is 0.510. The SMILES string of the molecule is COc1ccccc1NC(=O)c1ccc(NC(=O)C[NH+](C)CC(=O)NC(C)(C)C)cc1. The number of anilines is 2. The van der Waals surface area contributed by atoms with Crippen LogP contribution in [0.5, 0.6) is 5.75 Å². The minimum atomic E-state index is -0.306. The van der Waals surface area contributed by atoms with Crippen molar-refractivity contribution in [2.75, 3.05) is 37.9 Å². The number of benzene rings is 2. The van der Waals surface area contributed by atoms with Gasteiger partial charge in [-0.2, -0.15) is 0 Å². The van der Waals surface area contributed by atoms with Crippen LogP contribution in [-0.2, 0) is 9.59 Å². The van der Waals surface area contributed by atoms with Crippen molar-refractivity contribution in [3.63, 3.8) is 0 Å². The second-order valence-corrected chi connectivity index (χ2v) is 8.39. The van der Waals surface area contributed by atoms with Crippen molar-refractivity contribution in [2.24, 2.45) is 0 Å². The topological polar surface area (TPSA) is 101 Å².